The molecule has 1 saturated carbocycles. The van der Waals surface area contributed by atoms with Crippen LogP contribution >= 0.6 is 0 Å². The molecular formula is C20H29N3O2. The summed E-state index contributed by atoms with van der Waals surface area (Å²) in [5.74, 6) is 0.516. The van der Waals surface area contributed by atoms with Crippen LogP contribution in [0.1, 0.15) is 42.1 Å². The number of piperidine rings is 1. The van der Waals surface area contributed by atoms with Crippen molar-refractivity contribution >= 4 is 11.8 Å². The lowest BCUT2D eigenvalue weighted by Gasteiger charge is -2.26. The van der Waals surface area contributed by atoms with Crippen LogP contribution in [0.25, 0.3) is 0 Å². The van der Waals surface area contributed by atoms with E-state index < -0.39 is 0 Å². The van der Waals surface area contributed by atoms with E-state index in [0.29, 0.717) is 18.0 Å². The molecule has 2 aliphatic rings. The van der Waals surface area contributed by atoms with E-state index in [4.69, 9.17) is 0 Å². The largest absolute Gasteiger partial charge is 0.345 e. The Labute approximate surface area is 150 Å². The molecule has 1 aromatic carbocycles. The van der Waals surface area contributed by atoms with Gasteiger partial charge in [-0.3, -0.25) is 9.59 Å². The van der Waals surface area contributed by atoms with Crippen molar-refractivity contribution in [3.05, 3.63) is 35.4 Å². The molecule has 1 heterocycles. The van der Waals surface area contributed by atoms with Crippen molar-refractivity contribution in [2.24, 2.45) is 11.3 Å². The summed E-state index contributed by atoms with van der Waals surface area (Å²) in [7, 11) is 3.50. The van der Waals surface area contributed by atoms with Crippen molar-refractivity contribution in [1.29, 1.82) is 0 Å². The van der Waals surface area contributed by atoms with E-state index in [9.17, 15) is 9.59 Å². The highest BCUT2D eigenvalue weighted by atomic mass is 16.2. The second-order valence-electron chi connectivity index (χ2n) is 7.62. The van der Waals surface area contributed by atoms with Crippen LogP contribution in [0.15, 0.2) is 24.3 Å². The summed E-state index contributed by atoms with van der Waals surface area (Å²) in [6.07, 6.45) is 3.31. The second-order valence-corrected chi connectivity index (χ2v) is 7.62. The van der Waals surface area contributed by atoms with E-state index in [1.165, 1.54) is 0 Å². The maximum Gasteiger partial charge on any atom is 0.253 e. The molecule has 5 nitrogen and oxygen atoms in total. The molecule has 0 bridgehead atoms. The van der Waals surface area contributed by atoms with Crippen LogP contribution in [0.2, 0.25) is 0 Å². The summed E-state index contributed by atoms with van der Waals surface area (Å²) in [4.78, 5) is 28.4. The number of carbonyl (C=O) groups excluding carboxylic acids is 2. The molecule has 3 rings (SSSR count). The fourth-order valence-electron chi connectivity index (χ4n) is 3.97. The SMILES string of the molecule is CCN(Cc1ccc(C(=O)N(C)C)cc1)C(=O)C1CC12CCNCC2. The Morgan fingerprint density at radius 2 is 1.80 bits per heavy atom. The predicted octanol–water partition coefficient (Wildman–Crippen LogP) is 2.13. The van der Waals surface area contributed by atoms with Gasteiger partial charge in [0.05, 0.1) is 0 Å². The fraction of sp³-hybridized carbons (Fsp3) is 0.600. The minimum atomic E-state index is 0.000745. The van der Waals surface area contributed by atoms with Gasteiger partial charge >= 0.3 is 0 Å². The molecule has 136 valence electrons. The molecule has 1 aliphatic heterocycles. The molecule has 1 saturated heterocycles. The Balaban J connectivity index is 1.62. The Bertz CT molecular complexity index is 633. The van der Waals surface area contributed by atoms with Gasteiger partial charge in [-0.05, 0) is 62.4 Å². The average molecular weight is 343 g/mol. The predicted molar refractivity (Wildman–Crippen MR) is 98.2 cm³/mol. The Morgan fingerprint density at radius 3 is 2.36 bits per heavy atom. The van der Waals surface area contributed by atoms with E-state index >= 15 is 0 Å². The van der Waals surface area contributed by atoms with Gasteiger partial charge in [0.1, 0.15) is 0 Å². The highest BCUT2D eigenvalue weighted by Crippen LogP contribution is 2.59. The molecule has 1 aliphatic carbocycles. The maximum atomic E-state index is 12.9. The first-order valence-electron chi connectivity index (χ1n) is 9.27. The Kier molecular flexibility index (Phi) is 5.13. The van der Waals surface area contributed by atoms with Gasteiger partial charge in [-0.1, -0.05) is 12.1 Å². The standard InChI is InChI=1S/C20H29N3O2/c1-4-23(19(25)17-13-20(17)9-11-21-12-10-20)14-15-5-7-16(8-6-15)18(24)22(2)3/h5-8,17,21H,4,9-14H2,1-3H3. The zero-order valence-electron chi connectivity index (χ0n) is 15.5. The lowest BCUT2D eigenvalue weighted by Crippen LogP contribution is -2.36. The molecule has 0 radical (unpaired) electrons. The van der Waals surface area contributed by atoms with Crippen LogP contribution in [0.5, 0.6) is 0 Å². The lowest BCUT2D eigenvalue weighted by atomic mass is 9.91. The van der Waals surface area contributed by atoms with Gasteiger partial charge in [0.15, 0.2) is 0 Å². The number of amides is 2. The third-order valence-electron chi connectivity index (χ3n) is 5.76. The summed E-state index contributed by atoms with van der Waals surface area (Å²) >= 11 is 0. The molecule has 5 heteroatoms. The zero-order chi connectivity index (χ0) is 18.0. The Morgan fingerprint density at radius 1 is 1.16 bits per heavy atom. The summed E-state index contributed by atoms with van der Waals surface area (Å²) < 4.78 is 0. The molecule has 1 atom stereocenters. The van der Waals surface area contributed by atoms with Gasteiger partial charge in [0.2, 0.25) is 5.91 Å². The van der Waals surface area contributed by atoms with Gasteiger partial charge < -0.3 is 15.1 Å². The second kappa shape index (κ2) is 7.16. The van der Waals surface area contributed by atoms with Crippen molar-refractivity contribution in [2.45, 2.75) is 32.7 Å². The van der Waals surface area contributed by atoms with Crippen molar-refractivity contribution < 1.29 is 9.59 Å². The number of hydrogen-bond donors (Lipinski definition) is 1. The van der Waals surface area contributed by atoms with Gasteiger partial charge in [-0.2, -0.15) is 0 Å². The summed E-state index contributed by atoms with van der Waals surface area (Å²) in [5, 5.41) is 3.39. The first-order valence-corrected chi connectivity index (χ1v) is 9.27. The van der Waals surface area contributed by atoms with E-state index in [2.05, 4.69) is 5.32 Å². The number of hydrogen-bond acceptors (Lipinski definition) is 3. The van der Waals surface area contributed by atoms with Crippen LogP contribution < -0.4 is 5.32 Å². The quantitative estimate of drug-likeness (QED) is 0.891. The molecule has 2 amide bonds. The number of rotatable bonds is 5. The molecule has 25 heavy (non-hydrogen) atoms. The number of carbonyl (C=O) groups is 2. The smallest absolute Gasteiger partial charge is 0.253 e. The first kappa shape index (κ1) is 17.9. The van der Waals surface area contributed by atoms with Crippen molar-refractivity contribution in [3.8, 4) is 0 Å². The molecule has 2 fully saturated rings. The monoisotopic (exact) mass is 343 g/mol. The molecule has 1 unspecified atom stereocenters. The average Bonchev–Trinajstić information content (AvgIpc) is 3.32. The number of nitrogens with one attached hydrogen (secondary N) is 1. The molecule has 1 spiro atoms. The minimum Gasteiger partial charge on any atom is -0.345 e. The lowest BCUT2D eigenvalue weighted by molar-refractivity contribution is -0.134. The van der Waals surface area contributed by atoms with Gasteiger partial charge in [0.25, 0.3) is 5.91 Å². The van der Waals surface area contributed by atoms with E-state index in [1.807, 2.05) is 36.1 Å². The summed E-state index contributed by atoms with van der Waals surface area (Å²) in [5.41, 5.74) is 2.03. The summed E-state index contributed by atoms with van der Waals surface area (Å²) in [6.45, 7) is 5.46. The molecular weight excluding hydrogens is 314 g/mol. The third-order valence-corrected chi connectivity index (χ3v) is 5.76. The van der Waals surface area contributed by atoms with Crippen LogP contribution in [-0.4, -0.2) is 55.3 Å². The van der Waals surface area contributed by atoms with Crippen LogP contribution in [0.4, 0.5) is 0 Å². The van der Waals surface area contributed by atoms with Crippen LogP contribution in [0, 0.1) is 11.3 Å². The highest BCUT2D eigenvalue weighted by Gasteiger charge is 2.58. The normalized spacial score (nSPS) is 21.0. The fourth-order valence-corrected chi connectivity index (χ4v) is 3.97. The van der Waals surface area contributed by atoms with Crippen molar-refractivity contribution in [1.82, 2.24) is 15.1 Å². The molecule has 1 N–H and O–H groups in total. The number of nitrogens with zero attached hydrogens (tertiary/aromatic N) is 2. The Hall–Kier alpha value is -1.88. The van der Waals surface area contributed by atoms with Crippen LogP contribution in [0.3, 0.4) is 0 Å². The minimum absolute atomic E-state index is 0.000745. The zero-order valence-corrected chi connectivity index (χ0v) is 15.5. The third kappa shape index (κ3) is 3.71. The van der Waals surface area contributed by atoms with Gasteiger partial charge in [-0.25, -0.2) is 0 Å². The van der Waals surface area contributed by atoms with E-state index in [0.717, 1.165) is 44.5 Å². The number of benzene rings is 1. The van der Waals surface area contributed by atoms with E-state index in [1.54, 1.807) is 19.0 Å². The summed E-state index contributed by atoms with van der Waals surface area (Å²) in [6, 6.07) is 7.61. The first-order chi connectivity index (χ1) is 12.0. The van der Waals surface area contributed by atoms with Gasteiger partial charge in [-0.15, -0.1) is 0 Å². The van der Waals surface area contributed by atoms with Crippen molar-refractivity contribution in [2.75, 3.05) is 33.7 Å². The maximum absolute atomic E-state index is 12.9. The van der Waals surface area contributed by atoms with Crippen LogP contribution in [-0.2, 0) is 11.3 Å². The van der Waals surface area contributed by atoms with E-state index in [-0.39, 0.29) is 17.2 Å². The van der Waals surface area contributed by atoms with Gasteiger partial charge in [0, 0.05) is 38.7 Å². The highest BCUT2D eigenvalue weighted by molar-refractivity contribution is 5.93. The van der Waals surface area contributed by atoms with Crippen molar-refractivity contribution in [3.63, 3.8) is 0 Å². The topological polar surface area (TPSA) is 52.7 Å². The molecule has 0 aromatic heterocycles. The molecule has 1 aromatic rings.